The molecule has 0 bridgehead atoms. The molecule has 2 aliphatic rings. The van der Waals surface area contributed by atoms with Gasteiger partial charge in [-0.2, -0.15) is 0 Å². The summed E-state index contributed by atoms with van der Waals surface area (Å²) in [5.74, 6) is 0.931. The molecule has 1 atom stereocenters. The summed E-state index contributed by atoms with van der Waals surface area (Å²) in [7, 11) is 0. The number of benzene rings is 1. The predicted molar refractivity (Wildman–Crippen MR) is 80.6 cm³/mol. The fraction of sp³-hybridized carbons (Fsp3) is 0.562. The normalized spacial score (nSPS) is 23.1. The maximum absolute atomic E-state index is 12.5. The average Bonchev–Trinajstić information content (AvgIpc) is 2.84. The summed E-state index contributed by atoms with van der Waals surface area (Å²) in [5.41, 5.74) is 1.10. The van der Waals surface area contributed by atoms with E-state index in [4.69, 9.17) is 9.47 Å². The van der Waals surface area contributed by atoms with Crippen LogP contribution in [-0.2, 0) is 16.1 Å². The van der Waals surface area contributed by atoms with E-state index < -0.39 is 6.10 Å². The van der Waals surface area contributed by atoms with E-state index in [0.717, 1.165) is 11.3 Å². The van der Waals surface area contributed by atoms with Gasteiger partial charge in [0.25, 0.3) is 0 Å². The van der Waals surface area contributed by atoms with Crippen molar-refractivity contribution in [1.29, 1.82) is 0 Å². The van der Waals surface area contributed by atoms with Gasteiger partial charge >= 0.3 is 0 Å². The topological polar surface area (TPSA) is 62.2 Å². The van der Waals surface area contributed by atoms with E-state index in [9.17, 15) is 9.90 Å². The van der Waals surface area contributed by atoms with Gasteiger partial charge in [0.2, 0.25) is 5.91 Å². The number of ether oxygens (including phenoxy) is 2. The van der Waals surface area contributed by atoms with E-state index in [1.54, 1.807) is 4.90 Å². The molecule has 0 unspecified atom stereocenters. The Bertz CT molecular complexity index is 523. The Kier molecular flexibility index (Phi) is 4.92. The second-order valence-corrected chi connectivity index (χ2v) is 5.74. The second kappa shape index (κ2) is 7.09. The number of aliphatic hydroxyl groups excluding tert-OH is 1. The quantitative estimate of drug-likeness (QED) is 0.840. The van der Waals surface area contributed by atoms with Gasteiger partial charge in [0.1, 0.15) is 12.4 Å². The Hall–Kier alpha value is -1.63. The summed E-state index contributed by atoms with van der Waals surface area (Å²) >= 11 is 0. The molecule has 1 N–H and O–H groups in total. The van der Waals surface area contributed by atoms with Gasteiger partial charge in [-0.3, -0.25) is 9.69 Å². The molecule has 1 aromatic carbocycles. The average molecular weight is 306 g/mol. The Morgan fingerprint density at radius 3 is 3.05 bits per heavy atom. The fourth-order valence-corrected chi connectivity index (χ4v) is 2.83. The number of para-hydroxylation sites is 1. The molecule has 0 saturated carbocycles. The highest BCUT2D eigenvalue weighted by Gasteiger charge is 2.24. The summed E-state index contributed by atoms with van der Waals surface area (Å²) in [6.07, 6.45) is -0.598. The first-order valence-corrected chi connectivity index (χ1v) is 7.69. The molecule has 0 aromatic heterocycles. The van der Waals surface area contributed by atoms with Crippen molar-refractivity contribution in [2.75, 3.05) is 46.0 Å². The molecule has 2 aliphatic heterocycles. The van der Waals surface area contributed by atoms with Crippen LogP contribution in [-0.4, -0.2) is 72.9 Å². The number of nitrogens with zero attached hydrogens (tertiary/aromatic N) is 2. The zero-order chi connectivity index (χ0) is 15.4. The molecule has 22 heavy (non-hydrogen) atoms. The molecule has 1 aromatic rings. The molecule has 6 heteroatoms. The standard InChI is InChI=1S/C16H22N2O4/c19-14-10-18(6-7-21-12-14)16(20)11-17-5-8-22-15-4-2-1-3-13(15)9-17/h1-4,14,19H,5-12H2/t14-/m1/s1. The minimum Gasteiger partial charge on any atom is -0.492 e. The summed E-state index contributed by atoms with van der Waals surface area (Å²) in [4.78, 5) is 16.2. The number of carbonyl (C=O) groups is 1. The van der Waals surface area contributed by atoms with Crippen LogP contribution in [0.15, 0.2) is 24.3 Å². The number of amides is 1. The third-order valence-corrected chi connectivity index (χ3v) is 3.99. The van der Waals surface area contributed by atoms with Crippen molar-refractivity contribution in [1.82, 2.24) is 9.80 Å². The van der Waals surface area contributed by atoms with Gasteiger partial charge < -0.3 is 19.5 Å². The Morgan fingerprint density at radius 2 is 2.14 bits per heavy atom. The van der Waals surface area contributed by atoms with Gasteiger partial charge in [-0.25, -0.2) is 0 Å². The number of hydrogen-bond donors (Lipinski definition) is 1. The maximum atomic E-state index is 12.5. The van der Waals surface area contributed by atoms with E-state index >= 15 is 0 Å². The lowest BCUT2D eigenvalue weighted by Crippen LogP contribution is -2.44. The first-order chi connectivity index (χ1) is 10.7. The number of carbonyl (C=O) groups excluding carboxylic acids is 1. The molecule has 3 rings (SSSR count). The van der Waals surface area contributed by atoms with Crippen molar-refractivity contribution in [3.05, 3.63) is 29.8 Å². The molecule has 0 aliphatic carbocycles. The van der Waals surface area contributed by atoms with Crippen LogP contribution in [0.2, 0.25) is 0 Å². The molecule has 0 spiro atoms. The molecule has 1 amide bonds. The van der Waals surface area contributed by atoms with Crippen LogP contribution >= 0.6 is 0 Å². The van der Waals surface area contributed by atoms with E-state index in [1.807, 2.05) is 24.3 Å². The Morgan fingerprint density at radius 1 is 1.27 bits per heavy atom. The van der Waals surface area contributed by atoms with Crippen molar-refractivity contribution in [3.8, 4) is 5.75 Å². The molecular weight excluding hydrogens is 284 g/mol. The van der Waals surface area contributed by atoms with Gasteiger partial charge in [-0.15, -0.1) is 0 Å². The SMILES string of the molecule is O=C(CN1CCOc2ccccc2C1)N1CCOC[C@H](O)C1. The molecule has 2 heterocycles. The van der Waals surface area contributed by atoms with Gasteiger partial charge in [0, 0.05) is 31.7 Å². The zero-order valence-corrected chi connectivity index (χ0v) is 12.6. The Labute approximate surface area is 130 Å². The summed E-state index contributed by atoms with van der Waals surface area (Å²) < 4.78 is 11.0. The first kappa shape index (κ1) is 15.3. The van der Waals surface area contributed by atoms with Crippen LogP contribution < -0.4 is 4.74 Å². The molecule has 1 saturated heterocycles. The fourth-order valence-electron chi connectivity index (χ4n) is 2.83. The van der Waals surface area contributed by atoms with E-state index in [0.29, 0.717) is 52.5 Å². The number of fused-ring (bicyclic) bond motifs is 1. The summed E-state index contributed by atoms with van der Waals surface area (Å²) in [6, 6.07) is 7.93. The smallest absolute Gasteiger partial charge is 0.236 e. The van der Waals surface area contributed by atoms with Gasteiger partial charge in [0.05, 0.1) is 25.9 Å². The minimum atomic E-state index is -0.598. The van der Waals surface area contributed by atoms with Gasteiger partial charge in [-0.1, -0.05) is 18.2 Å². The maximum Gasteiger partial charge on any atom is 0.236 e. The molecule has 1 fully saturated rings. The van der Waals surface area contributed by atoms with Gasteiger partial charge in [-0.05, 0) is 6.07 Å². The van der Waals surface area contributed by atoms with Crippen LogP contribution in [0.5, 0.6) is 5.75 Å². The zero-order valence-electron chi connectivity index (χ0n) is 12.6. The van der Waals surface area contributed by atoms with Crippen molar-refractivity contribution in [2.24, 2.45) is 0 Å². The highest BCUT2D eigenvalue weighted by molar-refractivity contribution is 5.78. The molecule has 6 nitrogen and oxygen atoms in total. The number of hydrogen-bond acceptors (Lipinski definition) is 5. The van der Waals surface area contributed by atoms with E-state index in [2.05, 4.69) is 4.90 Å². The lowest BCUT2D eigenvalue weighted by molar-refractivity contribution is -0.133. The highest BCUT2D eigenvalue weighted by Crippen LogP contribution is 2.22. The van der Waals surface area contributed by atoms with Gasteiger partial charge in [0.15, 0.2) is 0 Å². The highest BCUT2D eigenvalue weighted by atomic mass is 16.5. The van der Waals surface area contributed by atoms with Crippen LogP contribution in [0.4, 0.5) is 0 Å². The summed E-state index contributed by atoms with van der Waals surface area (Å²) in [5, 5.41) is 9.74. The number of aliphatic hydroxyl groups is 1. The predicted octanol–water partition coefficient (Wildman–Crippen LogP) is 0.101. The largest absolute Gasteiger partial charge is 0.492 e. The van der Waals surface area contributed by atoms with Crippen molar-refractivity contribution < 1.29 is 19.4 Å². The van der Waals surface area contributed by atoms with Crippen molar-refractivity contribution in [3.63, 3.8) is 0 Å². The van der Waals surface area contributed by atoms with E-state index in [1.165, 1.54) is 0 Å². The summed E-state index contributed by atoms with van der Waals surface area (Å²) in [6.45, 7) is 4.00. The molecular formula is C16H22N2O4. The lowest BCUT2D eigenvalue weighted by atomic mass is 10.2. The van der Waals surface area contributed by atoms with Crippen LogP contribution in [0.3, 0.4) is 0 Å². The van der Waals surface area contributed by atoms with E-state index in [-0.39, 0.29) is 5.91 Å². The number of β-amino-alcohol motifs (C(OH)–C–C–N with tert-alkyl or cyclic N) is 1. The van der Waals surface area contributed by atoms with Crippen LogP contribution in [0, 0.1) is 0 Å². The van der Waals surface area contributed by atoms with Crippen LogP contribution in [0.25, 0.3) is 0 Å². The second-order valence-electron chi connectivity index (χ2n) is 5.74. The van der Waals surface area contributed by atoms with Crippen LogP contribution in [0.1, 0.15) is 5.56 Å². The third-order valence-electron chi connectivity index (χ3n) is 3.99. The lowest BCUT2D eigenvalue weighted by Gasteiger charge is -2.25. The molecule has 0 radical (unpaired) electrons. The monoisotopic (exact) mass is 306 g/mol. The van der Waals surface area contributed by atoms with Crippen molar-refractivity contribution in [2.45, 2.75) is 12.6 Å². The first-order valence-electron chi connectivity index (χ1n) is 7.69. The Balaban J connectivity index is 1.61. The van der Waals surface area contributed by atoms with Crippen molar-refractivity contribution >= 4 is 5.91 Å². The minimum absolute atomic E-state index is 0.0314. The third kappa shape index (κ3) is 3.76. The number of rotatable bonds is 2. The molecule has 120 valence electrons.